The lowest BCUT2D eigenvalue weighted by Crippen LogP contribution is -2.28. The molecule has 1 atom stereocenters. The third-order valence-electron chi connectivity index (χ3n) is 2.55. The molecule has 1 aromatic rings. The molecule has 0 aliphatic heterocycles. The van der Waals surface area contributed by atoms with Crippen LogP contribution in [0.5, 0.6) is 0 Å². The summed E-state index contributed by atoms with van der Waals surface area (Å²) in [5, 5.41) is 9.71. The SMILES string of the molecule is CCCC(O)CN(C)c1cccc(C)c1. The minimum Gasteiger partial charge on any atom is -0.391 e. The molecule has 84 valence electrons. The Morgan fingerprint density at radius 1 is 1.40 bits per heavy atom. The van der Waals surface area contributed by atoms with Crippen molar-refractivity contribution in [1.29, 1.82) is 0 Å². The molecule has 0 heterocycles. The zero-order valence-corrected chi connectivity index (χ0v) is 9.90. The highest BCUT2D eigenvalue weighted by atomic mass is 16.3. The third kappa shape index (κ3) is 3.92. The zero-order valence-electron chi connectivity index (χ0n) is 9.90. The van der Waals surface area contributed by atoms with Gasteiger partial charge in [-0.3, -0.25) is 0 Å². The first-order valence-electron chi connectivity index (χ1n) is 5.59. The Bertz CT molecular complexity index is 298. The summed E-state index contributed by atoms with van der Waals surface area (Å²) in [5.74, 6) is 0. The van der Waals surface area contributed by atoms with E-state index in [1.807, 2.05) is 13.1 Å². The van der Waals surface area contributed by atoms with E-state index in [0.717, 1.165) is 12.8 Å². The second-order valence-electron chi connectivity index (χ2n) is 4.16. The summed E-state index contributed by atoms with van der Waals surface area (Å²) in [6.45, 7) is 4.88. The molecule has 0 fully saturated rings. The molecule has 0 bridgehead atoms. The first-order valence-corrected chi connectivity index (χ1v) is 5.59. The first-order chi connectivity index (χ1) is 7.13. The van der Waals surface area contributed by atoms with Gasteiger partial charge in [-0.15, -0.1) is 0 Å². The van der Waals surface area contributed by atoms with Crippen molar-refractivity contribution >= 4 is 5.69 Å². The van der Waals surface area contributed by atoms with Gasteiger partial charge < -0.3 is 10.0 Å². The molecule has 0 saturated heterocycles. The number of hydrogen-bond donors (Lipinski definition) is 1. The van der Waals surface area contributed by atoms with E-state index in [1.165, 1.54) is 11.3 Å². The van der Waals surface area contributed by atoms with E-state index < -0.39 is 0 Å². The Kier molecular flexibility index (Phi) is 4.63. The summed E-state index contributed by atoms with van der Waals surface area (Å²) >= 11 is 0. The highest BCUT2D eigenvalue weighted by Crippen LogP contribution is 2.14. The molecule has 0 aliphatic carbocycles. The van der Waals surface area contributed by atoms with Crippen LogP contribution in [0.3, 0.4) is 0 Å². The molecule has 1 unspecified atom stereocenters. The Balaban J connectivity index is 2.56. The van der Waals surface area contributed by atoms with Gasteiger partial charge in [0.25, 0.3) is 0 Å². The molecular weight excluding hydrogens is 186 g/mol. The molecule has 0 saturated carbocycles. The lowest BCUT2D eigenvalue weighted by molar-refractivity contribution is 0.170. The summed E-state index contributed by atoms with van der Waals surface area (Å²) in [5.41, 5.74) is 2.43. The van der Waals surface area contributed by atoms with Crippen molar-refractivity contribution < 1.29 is 5.11 Å². The van der Waals surface area contributed by atoms with Crippen LogP contribution in [-0.4, -0.2) is 24.8 Å². The van der Waals surface area contributed by atoms with Crippen molar-refractivity contribution in [2.24, 2.45) is 0 Å². The van der Waals surface area contributed by atoms with E-state index >= 15 is 0 Å². The highest BCUT2D eigenvalue weighted by Gasteiger charge is 2.07. The van der Waals surface area contributed by atoms with E-state index in [9.17, 15) is 5.11 Å². The maximum Gasteiger partial charge on any atom is 0.0714 e. The number of aliphatic hydroxyl groups excluding tert-OH is 1. The number of rotatable bonds is 5. The van der Waals surface area contributed by atoms with Crippen LogP contribution in [0.15, 0.2) is 24.3 Å². The Morgan fingerprint density at radius 3 is 2.73 bits per heavy atom. The first kappa shape index (κ1) is 12.1. The molecule has 1 aromatic carbocycles. The van der Waals surface area contributed by atoms with Gasteiger partial charge in [-0.25, -0.2) is 0 Å². The van der Waals surface area contributed by atoms with Crippen molar-refractivity contribution in [2.75, 3.05) is 18.5 Å². The van der Waals surface area contributed by atoms with Gasteiger partial charge in [0.2, 0.25) is 0 Å². The lowest BCUT2D eigenvalue weighted by atomic mass is 10.1. The van der Waals surface area contributed by atoms with Crippen LogP contribution < -0.4 is 4.90 Å². The van der Waals surface area contributed by atoms with Crippen LogP contribution in [0.25, 0.3) is 0 Å². The molecule has 0 aliphatic rings. The molecule has 0 radical (unpaired) electrons. The normalized spacial score (nSPS) is 12.5. The van der Waals surface area contributed by atoms with Crippen LogP contribution in [-0.2, 0) is 0 Å². The number of likely N-dealkylation sites (N-methyl/N-ethyl adjacent to an activating group) is 1. The van der Waals surface area contributed by atoms with Crippen molar-refractivity contribution in [1.82, 2.24) is 0 Å². The van der Waals surface area contributed by atoms with Crippen LogP contribution in [0.1, 0.15) is 25.3 Å². The standard InChI is InChI=1S/C13H21NO/c1-4-6-13(15)10-14(3)12-8-5-7-11(2)9-12/h5,7-9,13,15H,4,6,10H2,1-3H3. The molecule has 1 N–H and O–H groups in total. The van der Waals surface area contributed by atoms with E-state index in [0.29, 0.717) is 6.54 Å². The fourth-order valence-corrected chi connectivity index (χ4v) is 1.71. The van der Waals surface area contributed by atoms with Gasteiger partial charge in [-0.1, -0.05) is 25.5 Å². The predicted octanol–water partition coefficient (Wildman–Crippen LogP) is 2.59. The van der Waals surface area contributed by atoms with E-state index in [-0.39, 0.29) is 6.10 Å². The average Bonchev–Trinajstić information content (AvgIpc) is 2.18. The Morgan fingerprint density at radius 2 is 2.13 bits per heavy atom. The Hall–Kier alpha value is -1.02. The molecule has 0 amide bonds. The number of hydrogen-bond acceptors (Lipinski definition) is 2. The number of aliphatic hydroxyl groups is 1. The third-order valence-corrected chi connectivity index (χ3v) is 2.55. The monoisotopic (exact) mass is 207 g/mol. The minimum absolute atomic E-state index is 0.222. The van der Waals surface area contributed by atoms with E-state index in [4.69, 9.17) is 0 Å². The van der Waals surface area contributed by atoms with Gasteiger partial charge in [0.05, 0.1) is 6.10 Å². The maximum absolute atomic E-state index is 9.71. The molecule has 0 spiro atoms. The van der Waals surface area contributed by atoms with Crippen LogP contribution >= 0.6 is 0 Å². The van der Waals surface area contributed by atoms with Crippen LogP contribution in [0.2, 0.25) is 0 Å². The smallest absolute Gasteiger partial charge is 0.0714 e. The second-order valence-corrected chi connectivity index (χ2v) is 4.16. The van der Waals surface area contributed by atoms with Crippen molar-refractivity contribution in [3.8, 4) is 0 Å². The number of aryl methyl sites for hydroxylation is 1. The number of anilines is 1. The van der Waals surface area contributed by atoms with Crippen LogP contribution in [0, 0.1) is 6.92 Å². The molecular formula is C13H21NO. The second kappa shape index (κ2) is 5.76. The quantitative estimate of drug-likeness (QED) is 0.802. The van der Waals surface area contributed by atoms with Gasteiger partial charge >= 0.3 is 0 Å². The highest BCUT2D eigenvalue weighted by molar-refractivity contribution is 5.47. The summed E-state index contributed by atoms with van der Waals surface area (Å²) < 4.78 is 0. The zero-order chi connectivity index (χ0) is 11.3. The summed E-state index contributed by atoms with van der Waals surface area (Å²) in [6.07, 6.45) is 1.68. The summed E-state index contributed by atoms with van der Waals surface area (Å²) in [4.78, 5) is 2.10. The lowest BCUT2D eigenvalue weighted by Gasteiger charge is -2.22. The number of benzene rings is 1. The number of nitrogens with zero attached hydrogens (tertiary/aromatic N) is 1. The van der Waals surface area contributed by atoms with Crippen molar-refractivity contribution in [2.45, 2.75) is 32.8 Å². The van der Waals surface area contributed by atoms with Gasteiger partial charge in [0, 0.05) is 19.3 Å². The Labute approximate surface area is 92.5 Å². The van der Waals surface area contributed by atoms with Crippen molar-refractivity contribution in [3.05, 3.63) is 29.8 Å². The minimum atomic E-state index is -0.222. The van der Waals surface area contributed by atoms with E-state index in [1.54, 1.807) is 0 Å². The maximum atomic E-state index is 9.71. The largest absolute Gasteiger partial charge is 0.391 e. The topological polar surface area (TPSA) is 23.5 Å². The molecule has 2 nitrogen and oxygen atoms in total. The van der Waals surface area contributed by atoms with Crippen molar-refractivity contribution in [3.63, 3.8) is 0 Å². The van der Waals surface area contributed by atoms with Gasteiger partial charge in [-0.2, -0.15) is 0 Å². The van der Waals surface area contributed by atoms with Gasteiger partial charge in [0.1, 0.15) is 0 Å². The average molecular weight is 207 g/mol. The summed E-state index contributed by atoms with van der Waals surface area (Å²) in [6, 6.07) is 8.34. The molecule has 15 heavy (non-hydrogen) atoms. The fraction of sp³-hybridized carbons (Fsp3) is 0.538. The molecule has 1 rings (SSSR count). The molecule has 0 aromatic heterocycles. The molecule has 2 heteroatoms. The van der Waals surface area contributed by atoms with Crippen LogP contribution in [0.4, 0.5) is 5.69 Å². The predicted molar refractivity (Wildman–Crippen MR) is 65.4 cm³/mol. The van der Waals surface area contributed by atoms with E-state index in [2.05, 4.69) is 36.9 Å². The van der Waals surface area contributed by atoms with Gasteiger partial charge in [0.15, 0.2) is 0 Å². The van der Waals surface area contributed by atoms with Gasteiger partial charge in [-0.05, 0) is 31.0 Å². The fourth-order valence-electron chi connectivity index (χ4n) is 1.71. The summed E-state index contributed by atoms with van der Waals surface area (Å²) in [7, 11) is 2.02.